The fourth-order valence-corrected chi connectivity index (χ4v) is 4.24. The van der Waals surface area contributed by atoms with Crippen LogP contribution in [0.15, 0.2) is 53.6 Å². The Bertz CT molecular complexity index is 1240. The second kappa shape index (κ2) is 7.51. The molecular formula is C21H21N5O3S. The van der Waals surface area contributed by atoms with Gasteiger partial charge in [0, 0.05) is 37.3 Å². The molecule has 0 spiro atoms. The number of nitrogen functional groups attached to an aromatic ring is 1. The number of hydrogen-bond acceptors (Lipinski definition) is 6. The number of carbonyl (C=O) groups excluding carboxylic acids is 1. The van der Waals surface area contributed by atoms with Gasteiger partial charge in [-0.3, -0.25) is 4.79 Å². The van der Waals surface area contributed by atoms with E-state index in [0.717, 1.165) is 23.1 Å². The Kier molecular flexibility index (Phi) is 5.00. The molecule has 2 heterocycles. The Labute approximate surface area is 174 Å². The molecule has 4 rings (SSSR count). The van der Waals surface area contributed by atoms with Crippen LogP contribution >= 0.6 is 0 Å². The molecule has 0 bridgehead atoms. The van der Waals surface area contributed by atoms with Gasteiger partial charge in [0.1, 0.15) is 11.5 Å². The van der Waals surface area contributed by atoms with Crippen LogP contribution in [0.1, 0.15) is 15.9 Å². The summed E-state index contributed by atoms with van der Waals surface area (Å²) in [5.41, 5.74) is 10.3. The van der Waals surface area contributed by atoms with E-state index in [1.807, 2.05) is 6.07 Å². The van der Waals surface area contributed by atoms with Crippen molar-refractivity contribution >= 4 is 21.7 Å². The van der Waals surface area contributed by atoms with E-state index in [1.165, 1.54) is 18.4 Å². The van der Waals surface area contributed by atoms with Crippen LogP contribution < -0.4 is 11.1 Å². The van der Waals surface area contributed by atoms with Crippen LogP contribution in [-0.2, 0) is 16.4 Å². The SMILES string of the molecule is CN(C)S(=O)(=O)c1ccc(-c2cnc(N)c(-c3ccc4c(c3)CCNC4=O)n2)cc1. The molecular weight excluding hydrogens is 402 g/mol. The lowest BCUT2D eigenvalue weighted by Gasteiger charge is -2.17. The molecule has 30 heavy (non-hydrogen) atoms. The molecule has 0 aliphatic carbocycles. The predicted octanol–water partition coefficient (Wildman–Crippen LogP) is 1.93. The molecule has 2 aromatic carbocycles. The number of nitrogens with two attached hydrogens (primary N) is 1. The maximum absolute atomic E-state index is 12.3. The van der Waals surface area contributed by atoms with Gasteiger partial charge in [0.15, 0.2) is 0 Å². The fraction of sp³-hybridized carbons (Fsp3) is 0.190. The number of anilines is 1. The number of nitrogens with one attached hydrogen (secondary N) is 1. The smallest absolute Gasteiger partial charge is 0.251 e. The number of rotatable bonds is 4. The first kappa shape index (κ1) is 20.0. The summed E-state index contributed by atoms with van der Waals surface area (Å²) >= 11 is 0. The van der Waals surface area contributed by atoms with E-state index >= 15 is 0 Å². The molecule has 1 aliphatic rings. The van der Waals surface area contributed by atoms with Gasteiger partial charge in [-0.15, -0.1) is 0 Å². The molecule has 0 fully saturated rings. The second-order valence-electron chi connectivity index (χ2n) is 7.18. The molecule has 0 saturated heterocycles. The van der Waals surface area contributed by atoms with Gasteiger partial charge in [0.05, 0.1) is 16.8 Å². The van der Waals surface area contributed by atoms with Crippen molar-refractivity contribution in [3.05, 3.63) is 59.8 Å². The molecule has 1 aromatic heterocycles. The summed E-state index contributed by atoms with van der Waals surface area (Å²) < 4.78 is 25.7. The lowest BCUT2D eigenvalue weighted by molar-refractivity contribution is 0.0946. The van der Waals surface area contributed by atoms with Gasteiger partial charge in [-0.1, -0.05) is 18.2 Å². The van der Waals surface area contributed by atoms with Gasteiger partial charge in [-0.25, -0.2) is 22.7 Å². The van der Waals surface area contributed by atoms with Crippen molar-refractivity contribution in [2.24, 2.45) is 0 Å². The Morgan fingerprint density at radius 1 is 1.07 bits per heavy atom. The topological polar surface area (TPSA) is 118 Å². The maximum Gasteiger partial charge on any atom is 0.251 e. The minimum atomic E-state index is -3.50. The van der Waals surface area contributed by atoms with Crippen LogP contribution in [0.25, 0.3) is 22.5 Å². The summed E-state index contributed by atoms with van der Waals surface area (Å²) in [6.07, 6.45) is 2.30. The van der Waals surface area contributed by atoms with Crippen LogP contribution in [0.5, 0.6) is 0 Å². The highest BCUT2D eigenvalue weighted by molar-refractivity contribution is 7.89. The Morgan fingerprint density at radius 3 is 2.47 bits per heavy atom. The highest BCUT2D eigenvalue weighted by atomic mass is 32.2. The summed E-state index contributed by atoms with van der Waals surface area (Å²) in [5, 5.41) is 2.82. The maximum atomic E-state index is 12.3. The van der Waals surface area contributed by atoms with Gasteiger partial charge in [0.2, 0.25) is 10.0 Å². The van der Waals surface area contributed by atoms with E-state index < -0.39 is 10.0 Å². The molecule has 3 aromatic rings. The number of nitrogens with zero attached hydrogens (tertiary/aromatic N) is 3. The lowest BCUT2D eigenvalue weighted by atomic mass is 9.96. The highest BCUT2D eigenvalue weighted by Crippen LogP contribution is 2.29. The van der Waals surface area contributed by atoms with E-state index in [2.05, 4.69) is 15.3 Å². The molecule has 0 saturated carbocycles. The summed E-state index contributed by atoms with van der Waals surface area (Å²) in [6.45, 7) is 0.596. The number of aromatic nitrogens is 2. The average Bonchev–Trinajstić information content (AvgIpc) is 2.74. The Morgan fingerprint density at radius 2 is 1.77 bits per heavy atom. The third kappa shape index (κ3) is 3.53. The van der Waals surface area contributed by atoms with E-state index in [1.54, 1.807) is 42.6 Å². The second-order valence-corrected chi connectivity index (χ2v) is 9.33. The summed E-state index contributed by atoms with van der Waals surface area (Å²) in [6, 6.07) is 12.0. The standard InChI is InChI=1S/C21H21N5O3S/c1-26(2)30(28,29)16-6-3-13(4-7-16)18-12-24-20(22)19(25-18)15-5-8-17-14(11-15)9-10-23-21(17)27/h3-8,11-12H,9-10H2,1-2H3,(H2,22,24)(H,23,27). The first-order valence-corrected chi connectivity index (χ1v) is 10.8. The number of hydrogen-bond donors (Lipinski definition) is 2. The van der Waals surface area contributed by atoms with E-state index in [9.17, 15) is 13.2 Å². The number of fused-ring (bicyclic) bond motifs is 1. The van der Waals surface area contributed by atoms with Crippen LogP contribution in [0.4, 0.5) is 5.82 Å². The number of amides is 1. The van der Waals surface area contributed by atoms with Crippen LogP contribution in [0, 0.1) is 0 Å². The molecule has 0 unspecified atom stereocenters. The molecule has 3 N–H and O–H groups in total. The van der Waals surface area contributed by atoms with E-state index in [0.29, 0.717) is 23.5 Å². The highest BCUT2D eigenvalue weighted by Gasteiger charge is 2.19. The largest absolute Gasteiger partial charge is 0.382 e. The van der Waals surface area contributed by atoms with Crippen molar-refractivity contribution in [2.75, 3.05) is 26.4 Å². The van der Waals surface area contributed by atoms with Gasteiger partial charge < -0.3 is 11.1 Å². The molecule has 0 atom stereocenters. The number of carbonyl (C=O) groups is 1. The fourth-order valence-electron chi connectivity index (χ4n) is 3.33. The quantitative estimate of drug-likeness (QED) is 0.662. The van der Waals surface area contributed by atoms with E-state index in [-0.39, 0.29) is 16.6 Å². The first-order chi connectivity index (χ1) is 14.3. The Balaban J connectivity index is 1.72. The first-order valence-electron chi connectivity index (χ1n) is 9.34. The van der Waals surface area contributed by atoms with Crippen LogP contribution in [0.3, 0.4) is 0 Å². The lowest BCUT2D eigenvalue weighted by Crippen LogP contribution is -2.31. The molecule has 0 radical (unpaired) electrons. The molecule has 9 heteroatoms. The van der Waals surface area contributed by atoms with Crippen molar-refractivity contribution in [3.63, 3.8) is 0 Å². The van der Waals surface area contributed by atoms with E-state index in [4.69, 9.17) is 5.73 Å². The van der Waals surface area contributed by atoms with Crippen molar-refractivity contribution in [2.45, 2.75) is 11.3 Å². The van der Waals surface area contributed by atoms with Crippen LogP contribution in [0.2, 0.25) is 0 Å². The molecule has 154 valence electrons. The zero-order valence-electron chi connectivity index (χ0n) is 16.6. The zero-order valence-corrected chi connectivity index (χ0v) is 17.4. The predicted molar refractivity (Wildman–Crippen MR) is 114 cm³/mol. The van der Waals surface area contributed by atoms with Crippen molar-refractivity contribution in [1.29, 1.82) is 0 Å². The molecule has 8 nitrogen and oxygen atoms in total. The monoisotopic (exact) mass is 423 g/mol. The van der Waals surface area contributed by atoms with Gasteiger partial charge >= 0.3 is 0 Å². The van der Waals surface area contributed by atoms with Crippen molar-refractivity contribution < 1.29 is 13.2 Å². The zero-order chi connectivity index (χ0) is 21.5. The van der Waals surface area contributed by atoms with Crippen molar-refractivity contribution in [3.8, 4) is 22.5 Å². The number of benzene rings is 2. The normalized spacial score (nSPS) is 13.8. The average molecular weight is 423 g/mol. The molecule has 1 aliphatic heterocycles. The summed E-state index contributed by atoms with van der Waals surface area (Å²) in [5.74, 6) is 0.203. The minimum Gasteiger partial charge on any atom is -0.382 e. The summed E-state index contributed by atoms with van der Waals surface area (Å²) in [4.78, 5) is 21.1. The minimum absolute atomic E-state index is 0.0802. The van der Waals surface area contributed by atoms with Gasteiger partial charge in [0.25, 0.3) is 5.91 Å². The van der Waals surface area contributed by atoms with Gasteiger partial charge in [-0.2, -0.15) is 0 Å². The Hall–Kier alpha value is -3.30. The van der Waals surface area contributed by atoms with Gasteiger partial charge in [-0.05, 0) is 36.2 Å². The summed E-state index contributed by atoms with van der Waals surface area (Å²) in [7, 11) is -0.524. The molecule has 1 amide bonds. The van der Waals surface area contributed by atoms with Crippen molar-refractivity contribution in [1.82, 2.24) is 19.6 Å². The number of sulfonamides is 1. The third-order valence-corrected chi connectivity index (χ3v) is 6.86. The third-order valence-electron chi connectivity index (χ3n) is 5.03. The van der Waals surface area contributed by atoms with Crippen LogP contribution in [-0.4, -0.2) is 49.2 Å².